The molecule has 1 saturated carbocycles. The molecule has 3 unspecified atom stereocenters. The summed E-state index contributed by atoms with van der Waals surface area (Å²) in [6.45, 7) is 8.47. The van der Waals surface area contributed by atoms with Gasteiger partial charge < -0.3 is 29.3 Å². The van der Waals surface area contributed by atoms with Crippen LogP contribution in [0.15, 0.2) is 36.4 Å². The number of esters is 1. The minimum absolute atomic E-state index is 0.00365. The molecule has 250 valence electrons. The fourth-order valence-corrected chi connectivity index (χ4v) is 5.89. The van der Waals surface area contributed by atoms with Gasteiger partial charge in [-0.2, -0.15) is 0 Å². The normalized spacial score (nSPS) is 19.2. The van der Waals surface area contributed by atoms with Crippen LogP contribution < -0.4 is 5.32 Å². The Kier molecular flexibility index (Phi) is 12.1. The standard InChI is InChI=1S/C34H47N5O7/c1-6-45-33(43)39-20-18-38(19-21-39)32(42)25(16-17-29(40)46-34(2,3)4)37-31(41)27-22-26(24-14-10-11-15-28(24)44-5)35-30(36-27)23-12-8-7-9-13-23/h7-9,12-13,22,24-25,28H,6,10-11,14-21H2,1-5H3,(H,37,41). The molecular weight excluding hydrogens is 590 g/mol. The van der Waals surface area contributed by atoms with Crippen LogP contribution in [0.25, 0.3) is 11.4 Å². The van der Waals surface area contributed by atoms with Gasteiger partial charge in [0, 0.05) is 51.2 Å². The molecular formula is C34H47N5O7. The van der Waals surface area contributed by atoms with Crippen LogP contribution in [0.3, 0.4) is 0 Å². The van der Waals surface area contributed by atoms with E-state index in [-0.39, 0.29) is 56.2 Å². The van der Waals surface area contributed by atoms with Crippen LogP contribution in [-0.2, 0) is 23.8 Å². The lowest BCUT2D eigenvalue weighted by atomic mass is 9.83. The maximum absolute atomic E-state index is 13.9. The van der Waals surface area contributed by atoms with Gasteiger partial charge in [-0.05, 0) is 53.0 Å². The number of methoxy groups -OCH3 is 1. The smallest absolute Gasteiger partial charge is 0.409 e. The highest BCUT2D eigenvalue weighted by Gasteiger charge is 2.33. The van der Waals surface area contributed by atoms with E-state index in [1.54, 1.807) is 50.7 Å². The van der Waals surface area contributed by atoms with Gasteiger partial charge in [-0.3, -0.25) is 14.4 Å². The SMILES string of the molecule is CCOC(=O)N1CCN(C(=O)C(CCC(=O)OC(C)(C)C)NC(=O)c2cc(C3CCCCC3OC)nc(-c3ccccc3)n2)CC1. The Morgan fingerprint density at radius 2 is 1.65 bits per heavy atom. The molecule has 1 aliphatic carbocycles. The van der Waals surface area contributed by atoms with Crippen molar-refractivity contribution in [1.82, 2.24) is 25.1 Å². The predicted octanol–water partition coefficient (Wildman–Crippen LogP) is 4.34. The van der Waals surface area contributed by atoms with Gasteiger partial charge in [0.25, 0.3) is 5.91 Å². The number of hydrogen-bond donors (Lipinski definition) is 1. The van der Waals surface area contributed by atoms with Crippen LogP contribution in [0.4, 0.5) is 4.79 Å². The van der Waals surface area contributed by atoms with Crippen molar-refractivity contribution < 1.29 is 33.4 Å². The number of benzene rings is 1. The summed E-state index contributed by atoms with van der Waals surface area (Å²) in [6.07, 6.45) is 3.38. The minimum Gasteiger partial charge on any atom is -0.460 e. The molecule has 1 aromatic carbocycles. The second kappa shape index (κ2) is 16.0. The second-order valence-corrected chi connectivity index (χ2v) is 12.7. The average molecular weight is 638 g/mol. The number of rotatable bonds is 10. The molecule has 2 aromatic rings. The maximum atomic E-state index is 13.9. The van der Waals surface area contributed by atoms with E-state index in [4.69, 9.17) is 19.2 Å². The van der Waals surface area contributed by atoms with Crippen molar-refractivity contribution in [3.05, 3.63) is 47.8 Å². The van der Waals surface area contributed by atoms with E-state index in [1.807, 2.05) is 30.3 Å². The molecule has 1 N–H and O–H groups in total. The van der Waals surface area contributed by atoms with Gasteiger partial charge >= 0.3 is 12.1 Å². The van der Waals surface area contributed by atoms with Crippen molar-refractivity contribution in [1.29, 1.82) is 0 Å². The van der Waals surface area contributed by atoms with E-state index < -0.39 is 29.6 Å². The number of carbonyl (C=O) groups is 4. The van der Waals surface area contributed by atoms with E-state index in [1.165, 1.54) is 0 Å². The Labute approximate surface area is 271 Å². The Balaban J connectivity index is 1.59. The summed E-state index contributed by atoms with van der Waals surface area (Å²) in [5.74, 6) is -0.945. The first kappa shape index (κ1) is 34.8. The number of piperazine rings is 1. The number of hydrogen-bond acceptors (Lipinski definition) is 9. The number of ether oxygens (including phenoxy) is 3. The lowest BCUT2D eigenvalue weighted by Gasteiger charge is -2.36. The number of carbonyl (C=O) groups excluding carboxylic acids is 4. The van der Waals surface area contributed by atoms with Gasteiger partial charge in [-0.15, -0.1) is 0 Å². The van der Waals surface area contributed by atoms with Crippen molar-refractivity contribution in [2.24, 2.45) is 0 Å². The molecule has 2 fully saturated rings. The van der Waals surface area contributed by atoms with Gasteiger partial charge in [0.05, 0.1) is 18.4 Å². The third-order valence-electron chi connectivity index (χ3n) is 8.17. The van der Waals surface area contributed by atoms with E-state index in [0.29, 0.717) is 18.9 Å². The topological polar surface area (TPSA) is 140 Å². The lowest BCUT2D eigenvalue weighted by Crippen LogP contribution is -2.56. The summed E-state index contributed by atoms with van der Waals surface area (Å²) < 4.78 is 16.4. The molecule has 0 spiro atoms. The Morgan fingerprint density at radius 1 is 0.978 bits per heavy atom. The van der Waals surface area contributed by atoms with E-state index >= 15 is 0 Å². The number of nitrogens with one attached hydrogen (secondary N) is 1. The summed E-state index contributed by atoms with van der Waals surface area (Å²) in [6, 6.07) is 10.1. The molecule has 12 heteroatoms. The van der Waals surface area contributed by atoms with Gasteiger partial charge in [0.15, 0.2) is 5.82 Å². The fraction of sp³-hybridized carbons (Fsp3) is 0.588. The van der Waals surface area contributed by atoms with Crippen molar-refractivity contribution in [3.8, 4) is 11.4 Å². The van der Waals surface area contributed by atoms with Crippen molar-refractivity contribution >= 4 is 23.9 Å². The van der Waals surface area contributed by atoms with Crippen molar-refractivity contribution in [2.75, 3.05) is 39.9 Å². The second-order valence-electron chi connectivity index (χ2n) is 12.7. The Morgan fingerprint density at radius 3 is 2.30 bits per heavy atom. The van der Waals surface area contributed by atoms with Crippen LogP contribution in [-0.4, -0.2) is 101 Å². The minimum atomic E-state index is -1.02. The molecule has 12 nitrogen and oxygen atoms in total. The van der Waals surface area contributed by atoms with E-state index in [0.717, 1.165) is 36.9 Å². The van der Waals surface area contributed by atoms with Crippen LogP contribution in [0.5, 0.6) is 0 Å². The van der Waals surface area contributed by atoms with Crippen LogP contribution in [0, 0.1) is 0 Å². The van der Waals surface area contributed by atoms with Crippen LogP contribution in [0.1, 0.15) is 88.3 Å². The highest BCUT2D eigenvalue weighted by atomic mass is 16.6. The van der Waals surface area contributed by atoms with Crippen molar-refractivity contribution in [2.45, 2.75) is 89.9 Å². The molecule has 46 heavy (non-hydrogen) atoms. The molecule has 0 radical (unpaired) electrons. The highest BCUT2D eigenvalue weighted by molar-refractivity contribution is 5.96. The molecule has 0 bridgehead atoms. The summed E-state index contributed by atoms with van der Waals surface area (Å²) in [5.41, 5.74) is 0.928. The lowest BCUT2D eigenvalue weighted by molar-refractivity contribution is -0.155. The predicted molar refractivity (Wildman–Crippen MR) is 171 cm³/mol. The first-order valence-electron chi connectivity index (χ1n) is 16.2. The first-order valence-corrected chi connectivity index (χ1v) is 16.2. The van der Waals surface area contributed by atoms with E-state index in [9.17, 15) is 19.2 Å². The molecule has 1 saturated heterocycles. The largest absolute Gasteiger partial charge is 0.460 e. The zero-order valence-electron chi connectivity index (χ0n) is 27.6. The zero-order chi connectivity index (χ0) is 33.3. The quantitative estimate of drug-likeness (QED) is 0.377. The zero-order valence-corrected chi connectivity index (χ0v) is 27.6. The van der Waals surface area contributed by atoms with Gasteiger partial charge in [0.1, 0.15) is 17.3 Å². The molecule has 1 aliphatic heterocycles. The molecule has 4 rings (SSSR count). The van der Waals surface area contributed by atoms with Crippen LogP contribution >= 0.6 is 0 Å². The van der Waals surface area contributed by atoms with Crippen LogP contribution in [0.2, 0.25) is 0 Å². The summed E-state index contributed by atoms with van der Waals surface area (Å²) in [7, 11) is 1.70. The third kappa shape index (κ3) is 9.48. The summed E-state index contributed by atoms with van der Waals surface area (Å²) in [4.78, 5) is 65.2. The van der Waals surface area contributed by atoms with Gasteiger partial charge in [-0.25, -0.2) is 14.8 Å². The highest BCUT2D eigenvalue weighted by Crippen LogP contribution is 2.35. The molecule has 3 amide bonds. The average Bonchev–Trinajstić information content (AvgIpc) is 3.05. The van der Waals surface area contributed by atoms with E-state index in [2.05, 4.69) is 10.3 Å². The summed E-state index contributed by atoms with van der Waals surface area (Å²) >= 11 is 0. The number of nitrogens with zero attached hydrogens (tertiary/aromatic N) is 4. The monoisotopic (exact) mass is 637 g/mol. The third-order valence-corrected chi connectivity index (χ3v) is 8.17. The molecule has 1 aromatic heterocycles. The molecule has 3 atom stereocenters. The Bertz CT molecular complexity index is 1360. The van der Waals surface area contributed by atoms with Crippen molar-refractivity contribution in [3.63, 3.8) is 0 Å². The maximum Gasteiger partial charge on any atom is 0.409 e. The number of aromatic nitrogens is 2. The number of amides is 3. The van der Waals surface area contributed by atoms with Gasteiger partial charge in [-0.1, -0.05) is 43.2 Å². The Hall–Kier alpha value is -4.06. The summed E-state index contributed by atoms with van der Waals surface area (Å²) in [5, 5.41) is 2.87. The molecule has 2 aliphatic rings. The first-order chi connectivity index (χ1) is 22.0. The fourth-order valence-electron chi connectivity index (χ4n) is 5.89. The molecule has 2 heterocycles. The van der Waals surface area contributed by atoms with Gasteiger partial charge in [0.2, 0.25) is 5.91 Å².